The standard InChI is InChI=1S/C27H30ClNO3/c1-19(17-26(31)32)16-25(30)27-22-18-21(28)14-15-23(22)29(2)24(27)13-9-4-3-6-10-20-11-7-5-8-12-20/h5-8,10-12,14-15,18-19H,3-4,9,13,16-17H2,1-2H3,(H,31,32). The molecule has 0 aliphatic heterocycles. The average Bonchev–Trinajstić information content (AvgIpc) is 3.01. The molecular formula is C27H30ClNO3. The first-order chi connectivity index (χ1) is 15.4. The van der Waals surface area contributed by atoms with E-state index in [0.717, 1.165) is 42.3 Å². The highest BCUT2D eigenvalue weighted by molar-refractivity contribution is 6.31. The van der Waals surface area contributed by atoms with Gasteiger partial charge in [0.1, 0.15) is 0 Å². The number of aromatic nitrogens is 1. The number of carbonyl (C=O) groups excluding carboxylic acids is 1. The second-order valence-electron chi connectivity index (χ2n) is 8.43. The van der Waals surface area contributed by atoms with Gasteiger partial charge in [-0.1, -0.05) is 61.0 Å². The number of ketones is 1. The SMILES string of the molecule is CC(CC(=O)O)CC(=O)c1c(CCCCC=Cc2ccccc2)n(C)c2ccc(Cl)cc12. The van der Waals surface area contributed by atoms with E-state index in [2.05, 4.69) is 28.9 Å². The molecule has 1 unspecified atom stereocenters. The predicted molar refractivity (Wildman–Crippen MR) is 131 cm³/mol. The van der Waals surface area contributed by atoms with Gasteiger partial charge in [-0.05, 0) is 55.4 Å². The van der Waals surface area contributed by atoms with Crippen molar-refractivity contribution in [3.8, 4) is 0 Å². The lowest BCUT2D eigenvalue weighted by molar-refractivity contribution is -0.137. The number of hydrogen-bond donors (Lipinski definition) is 1. The fraction of sp³-hybridized carbons (Fsp3) is 0.333. The maximum atomic E-state index is 13.2. The van der Waals surface area contributed by atoms with Gasteiger partial charge in [0, 0.05) is 47.1 Å². The molecule has 1 N–H and O–H groups in total. The first-order valence-electron chi connectivity index (χ1n) is 11.1. The first-order valence-corrected chi connectivity index (χ1v) is 11.5. The average molecular weight is 452 g/mol. The van der Waals surface area contributed by atoms with Gasteiger partial charge in [0.05, 0.1) is 0 Å². The molecule has 3 aromatic rings. The summed E-state index contributed by atoms with van der Waals surface area (Å²) in [6.45, 7) is 1.81. The Morgan fingerprint density at radius 2 is 1.84 bits per heavy atom. The molecular weight excluding hydrogens is 422 g/mol. The van der Waals surface area contributed by atoms with Crippen molar-refractivity contribution >= 4 is 40.3 Å². The van der Waals surface area contributed by atoms with Crippen LogP contribution in [0.2, 0.25) is 5.02 Å². The molecule has 0 aliphatic rings. The van der Waals surface area contributed by atoms with Crippen LogP contribution in [0.5, 0.6) is 0 Å². The molecule has 0 spiro atoms. The Morgan fingerprint density at radius 1 is 1.09 bits per heavy atom. The molecule has 2 aromatic carbocycles. The fourth-order valence-corrected chi connectivity index (χ4v) is 4.37. The number of carboxylic acid groups (broad SMARTS) is 1. The molecule has 0 bridgehead atoms. The highest BCUT2D eigenvalue weighted by atomic mass is 35.5. The Bertz CT molecular complexity index is 1110. The van der Waals surface area contributed by atoms with Gasteiger partial charge in [-0.25, -0.2) is 0 Å². The number of benzene rings is 2. The van der Waals surface area contributed by atoms with E-state index in [-0.39, 0.29) is 24.5 Å². The number of carboxylic acids is 1. The molecule has 1 atom stereocenters. The lowest BCUT2D eigenvalue weighted by Crippen LogP contribution is -2.12. The summed E-state index contributed by atoms with van der Waals surface area (Å²) >= 11 is 6.24. The third-order valence-electron chi connectivity index (χ3n) is 5.76. The Labute approximate surface area is 194 Å². The van der Waals surface area contributed by atoms with Crippen molar-refractivity contribution in [2.45, 2.75) is 45.4 Å². The van der Waals surface area contributed by atoms with E-state index in [1.807, 2.05) is 50.4 Å². The molecule has 0 radical (unpaired) electrons. The van der Waals surface area contributed by atoms with E-state index < -0.39 is 5.97 Å². The summed E-state index contributed by atoms with van der Waals surface area (Å²) in [7, 11) is 1.98. The Morgan fingerprint density at radius 3 is 2.56 bits per heavy atom. The van der Waals surface area contributed by atoms with E-state index in [4.69, 9.17) is 16.7 Å². The number of rotatable bonds is 11. The number of nitrogens with zero attached hydrogens (tertiary/aromatic N) is 1. The summed E-state index contributed by atoms with van der Waals surface area (Å²) in [4.78, 5) is 24.3. The Balaban J connectivity index is 1.74. The summed E-state index contributed by atoms with van der Waals surface area (Å²) < 4.78 is 2.08. The number of halogens is 1. The topological polar surface area (TPSA) is 59.3 Å². The number of aliphatic carboxylic acids is 1. The third kappa shape index (κ3) is 6.10. The van der Waals surface area contributed by atoms with E-state index in [1.54, 1.807) is 0 Å². The molecule has 0 saturated heterocycles. The molecule has 0 fully saturated rings. The molecule has 4 nitrogen and oxygen atoms in total. The van der Waals surface area contributed by atoms with Crippen LogP contribution in [-0.4, -0.2) is 21.4 Å². The summed E-state index contributed by atoms with van der Waals surface area (Å²) in [5.41, 5.74) is 3.87. The summed E-state index contributed by atoms with van der Waals surface area (Å²) in [6.07, 6.45) is 8.27. The van der Waals surface area contributed by atoms with Crippen molar-refractivity contribution < 1.29 is 14.7 Å². The molecule has 0 amide bonds. The van der Waals surface area contributed by atoms with Crippen molar-refractivity contribution in [3.63, 3.8) is 0 Å². The Kier molecular flexibility index (Phi) is 8.29. The number of aryl methyl sites for hydroxylation is 1. The number of unbranched alkanes of at least 4 members (excludes halogenated alkanes) is 2. The van der Waals surface area contributed by atoms with E-state index in [1.165, 1.54) is 5.56 Å². The molecule has 5 heteroatoms. The first kappa shape index (κ1) is 23.8. The van der Waals surface area contributed by atoms with Gasteiger partial charge in [0.25, 0.3) is 0 Å². The van der Waals surface area contributed by atoms with E-state index in [0.29, 0.717) is 10.6 Å². The van der Waals surface area contributed by atoms with Gasteiger partial charge in [0.2, 0.25) is 0 Å². The van der Waals surface area contributed by atoms with Gasteiger partial charge in [-0.3, -0.25) is 9.59 Å². The zero-order chi connectivity index (χ0) is 23.1. The van der Waals surface area contributed by atoms with Gasteiger partial charge in [0.15, 0.2) is 5.78 Å². The summed E-state index contributed by atoms with van der Waals surface area (Å²) in [5.74, 6) is -1.11. The van der Waals surface area contributed by atoms with Gasteiger partial charge in [-0.2, -0.15) is 0 Å². The lowest BCUT2D eigenvalue weighted by Gasteiger charge is -2.10. The van der Waals surface area contributed by atoms with Crippen LogP contribution >= 0.6 is 11.6 Å². The highest BCUT2D eigenvalue weighted by Crippen LogP contribution is 2.31. The molecule has 32 heavy (non-hydrogen) atoms. The highest BCUT2D eigenvalue weighted by Gasteiger charge is 2.23. The molecule has 1 heterocycles. The van der Waals surface area contributed by atoms with Gasteiger partial charge < -0.3 is 9.67 Å². The van der Waals surface area contributed by atoms with Crippen LogP contribution in [0.1, 0.15) is 60.6 Å². The van der Waals surface area contributed by atoms with Crippen molar-refractivity contribution in [2.75, 3.05) is 0 Å². The maximum Gasteiger partial charge on any atom is 0.303 e. The largest absolute Gasteiger partial charge is 0.481 e. The summed E-state index contributed by atoms with van der Waals surface area (Å²) in [5, 5.41) is 10.5. The van der Waals surface area contributed by atoms with Crippen molar-refractivity contribution in [2.24, 2.45) is 13.0 Å². The maximum absolute atomic E-state index is 13.2. The fourth-order valence-electron chi connectivity index (χ4n) is 4.20. The van der Waals surface area contributed by atoms with Crippen LogP contribution in [0.3, 0.4) is 0 Å². The zero-order valence-electron chi connectivity index (χ0n) is 18.7. The molecule has 1 aromatic heterocycles. The van der Waals surface area contributed by atoms with Crippen molar-refractivity contribution in [1.29, 1.82) is 0 Å². The van der Waals surface area contributed by atoms with E-state index in [9.17, 15) is 9.59 Å². The smallest absolute Gasteiger partial charge is 0.303 e. The van der Waals surface area contributed by atoms with Crippen LogP contribution in [-0.2, 0) is 18.3 Å². The van der Waals surface area contributed by atoms with Crippen LogP contribution in [0.15, 0.2) is 54.6 Å². The molecule has 3 rings (SSSR count). The minimum Gasteiger partial charge on any atom is -0.481 e. The van der Waals surface area contributed by atoms with E-state index >= 15 is 0 Å². The van der Waals surface area contributed by atoms with Crippen LogP contribution in [0, 0.1) is 5.92 Å². The quantitative estimate of drug-likeness (QED) is 0.253. The van der Waals surface area contributed by atoms with Gasteiger partial charge >= 0.3 is 5.97 Å². The number of Topliss-reactive ketones (excluding diaryl/α,β-unsaturated/α-hetero) is 1. The Hall–Kier alpha value is -2.85. The minimum absolute atomic E-state index is 0.00871. The van der Waals surface area contributed by atoms with Crippen LogP contribution < -0.4 is 0 Å². The lowest BCUT2D eigenvalue weighted by atomic mass is 9.94. The second-order valence-corrected chi connectivity index (χ2v) is 8.87. The molecule has 0 aliphatic carbocycles. The minimum atomic E-state index is -0.880. The second kappa shape index (κ2) is 11.1. The monoisotopic (exact) mass is 451 g/mol. The number of fused-ring (bicyclic) bond motifs is 1. The van der Waals surface area contributed by atoms with Gasteiger partial charge in [-0.15, -0.1) is 0 Å². The third-order valence-corrected chi connectivity index (χ3v) is 6.00. The van der Waals surface area contributed by atoms with Crippen LogP contribution in [0.25, 0.3) is 17.0 Å². The number of hydrogen-bond acceptors (Lipinski definition) is 2. The molecule has 0 saturated carbocycles. The normalized spacial score (nSPS) is 12.5. The van der Waals surface area contributed by atoms with Crippen molar-refractivity contribution in [1.82, 2.24) is 4.57 Å². The zero-order valence-corrected chi connectivity index (χ0v) is 19.4. The van der Waals surface area contributed by atoms with Crippen LogP contribution in [0.4, 0.5) is 0 Å². The van der Waals surface area contributed by atoms with Crippen molar-refractivity contribution in [3.05, 3.63) is 76.5 Å². The predicted octanol–water partition coefficient (Wildman–Crippen LogP) is 6.94. The summed E-state index contributed by atoms with van der Waals surface area (Å²) in [6, 6.07) is 15.9. The molecule has 168 valence electrons. The number of allylic oxidation sites excluding steroid dienone is 1. The number of carbonyl (C=O) groups is 2.